The number of carbonyl (C=O) groups is 1. The number of benzene rings is 1. The molecule has 0 radical (unpaired) electrons. The van der Waals surface area contributed by atoms with E-state index >= 15 is 0 Å². The Labute approximate surface area is 127 Å². The van der Waals surface area contributed by atoms with Gasteiger partial charge in [-0.25, -0.2) is 4.79 Å². The van der Waals surface area contributed by atoms with Gasteiger partial charge in [0.1, 0.15) is 0 Å². The van der Waals surface area contributed by atoms with E-state index in [1.165, 1.54) is 35.3 Å². The first kappa shape index (κ1) is 14.9. The average molecular weight is 336 g/mol. The lowest BCUT2D eigenvalue weighted by molar-refractivity contribution is -0.134. The van der Waals surface area contributed by atoms with E-state index in [9.17, 15) is 4.79 Å². The number of esters is 1. The molecule has 3 nitrogen and oxygen atoms in total. The number of carbonyl (C=O) groups excluding carboxylic acids is 1. The maximum atomic E-state index is 11.2. The SMILES string of the molecule is COC(=O)/C=C\[C@H](C)c1c(C)n(C)c2ccc(Br)cc12. The van der Waals surface area contributed by atoms with Crippen LogP contribution >= 0.6 is 15.9 Å². The molecule has 0 unspecified atom stereocenters. The Balaban J connectivity index is 2.53. The van der Waals surface area contributed by atoms with Gasteiger partial charge in [-0.05, 0) is 30.7 Å². The maximum Gasteiger partial charge on any atom is 0.330 e. The Hall–Kier alpha value is -1.55. The molecule has 2 rings (SSSR count). The highest BCUT2D eigenvalue weighted by Gasteiger charge is 2.16. The number of halogens is 1. The van der Waals surface area contributed by atoms with Crippen LogP contribution in [0.5, 0.6) is 0 Å². The van der Waals surface area contributed by atoms with E-state index in [1.54, 1.807) is 0 Å². The lowest BCUT2D eigenvalue weighted by Crippen LogP contribution is -1.98. The highest BCUT2D eigenvalue weighted by atomic mass is 79.9. The molecule has 1 atom stereocenters. The van der Waals surface area contributed by atoms with Crippen LogP contribution in [0.1, 0.15) is 24.1 Å². The van der Waals surface area contributed by atoms with Gasteiger partial charge < -0.3 is 9.30 Å². The number of rotatable bonds is 3. The van der Waals surface area contributed by atoms with E-state index in [-0.39, 0.29) is 11.9 Å². The highest BCUT2D eigenvalue weighted by molar-refractivity contribution is 9.10. The van der Waals surface area contributed by atoms with Crippen LogP contribution < -0.4 is 0 Å². The van der Waals surface area contributed by atoms with Crippen LogP contribution in [0.15, 0.2) is 34.8 Å². The van der Waals surface area contributed by atoms with Crippen molar-refractivity contribution in [2.24, 2.45) is 7.05 Å². The van der Waals surface area contributed by atoms with E-state index < -0.39 is 0 Å². The number of allylic oxidation sites excluding steroid dienone is 1. The Morgan fingerprint density at radius 2 is 2.15 bits per heavy atom. The van der Waals surface area contributed by atoms with E-state index in [2.05, 4.69) is 58.3 Å². The molecule has 2 aromatic rings. The number of hydrogen-bond donors (Lipinski definition) is 0. The molecule has 1 aromatic carbocycles. The molecular weight excluding hydrogens is 318 g/mol. The number of hydrogen-bond acceptors (Lipinski definition) is 2. The van der Waals surface area contributed by atoms with E-state index in [4.69, 9.17) is 0 Å². The molecule has 0 aliphatic carbocycles. The van der Waals surface area contributed by atoms with Crippen molar-refractivity contribution in [1.82, 2.24) is 4.57 Å². The van der Waals surface area contributed by atoms with Gasteiger partial charge in [-0.2, -0.15) is 0 Å². The Morgan fingerprint density at radius 1 is 1.45 bits per heavy atom. The zero-order valence-electron chi connectivity index (χ0n) is 12.1. The summed E-state index contributed by atoms with van der Waals surface area (Å²) in [7, 11) is 3.45. The largest absolute Gasteiger partial charge is 0.466 e. The summed E-state index contributed by atoms with van der Waals surface area (Å²) in [5.41, 5.74) is 3.64. The van der Waals surface area contributed by atoms with Crippen LogP contribution in [0.2, 0.25) is 0 Å². The summed E-state index contributed by atoms with van der Waals surface area (Å²) >= 11 is 3.52. The molecule has 0 spiro atoms. The number of ether oxygens (including phenoxy) is 1. The zero-order chi connectivity index (χ0) is 14.9. The third kappa shape index (κ3) is 2.66. The van der Waals surface area contributed by atoms with Gasteiger partial charge in [-0.1, -0.05) is 28.9 Å². The molecule has 0 aliphatic heterocycles. The van der Waals surface area contributed by atoms with Crippen molar-refractivity contribution >= 4 is 32.8 Å². The zero-order valence-corrected chi connectivity index (χ0v) is 13.7. The second-order valence-corrected chi connectivity index (χ2v) is 5.81. The van der Waals surface area contributed by atoms with E-state index in [1.807, 2.05) is 12.1 Å². The summed E-state index contributed by atoms with van der Waals surface area (Å²) in [6.45, 7) is 4.19. The molecule has 0 aliphatic rings. The minimum absolute atomic E-state index is 0.145. The van der Waals surface area contributed by atoms with Crippen LogP contribution in [0, 0.1) is 6.92 Å². The van der Waals surface area contributed by atoms with Crippen LogP contribution in [0.25, 0.3) is 10.9 Å². The molecule has 1 aromatic heterocycles. The Kier molecular flexibility index (Phi) is 4.33. The molecule has 0 saturated carbocycles. The number of aryl methyl sites for hydroxylation is 1. The second kappa shape index (κ2) is 5.83. The van der Waals surface area contributed by atoms with Crippen molar-refractivity contribution in [3.8, 4) is 0 Å². The molecular formula is C16H18BrNO2. The summed E-state index contributed by atoms with van der Waals surface area (Å²) < 4.78 is 7.88. The molecule has 4 heteroatoms. The van der Waals surface area contributed by atoms with Gasteiger partial charge in [0.15, 0.2) is 0 Å². The summed E-state index contributed by atoms with van der Waals surface area (Å²) in [5.74, 6) is -0.178. The van der Waals surface area contributed by atoms with Gasteiger partial charge in [0.25, 0.3) is 0 Å². The number of methoxy groups -OCH3 is 1. The van der Waals surface area contributed by atoms with Crippen molar-refractivity contribution in [2.45, 2.75) is 19.8 Å². The average Bonchev–Trinajstić information content (AvgIpc) is 2.67. The molecule has 106 valence electrons. The fourth-order valence-corrected chi connectivity index (χ4v) is 2.90. The predicted molar refractivity (Wildman–Crippen MR) is 84.9 cm³/mol. The molecule has 0 fully saturated rings. The third-order valence-corrected chi connectivity index (χ3v) is 4.17. The van der Waals surface area contributed by atoms with Crippen molar-refractivity contribution in [2.75, 3.05) is 7.11 Å². The normalized spacial score (nSPS) is 13.1. The molecule has 0 saturated heterocycles. The lowest BCUT2D eigenvalue weighted by Gasteiger charge is -2.08. The first-order valence-corrected chi connectivity index (χ1v) is 7.25. The van der Waals surface area contributed by atoms with Gasteiger partial charge in [0, 0.05) is 40.1 Å². The van der Waals surface area contributed by atoms with E-state index in [0.717, 1.165) is 4.47 Å². The minimum Gasteiger partial charge on any atom is -0.466 e. The Morgan fingerprint density at radius 3 is 2.80 bits per heavy atom. The monoisotopic (exact) mass is 335 g/mol. The van der Waals surface area contributed by atoms with Crippen molar-refractivity contribution in [1.29, 1.82) is 0 Å². The highest BCUT2D eigenvalue weighted by Crippen LogP contribution is 2.33. The summed E-state index contributed by atoms with van der Waals surface area (Å²) in [6, 6.07) is 6.27. The predicted octanol–water partition coefficient (Wildman–Crippen LogP) is 4.08. The van der Waals surface area contributed by atoms with Gasteiger partial charge in [-0.15, -0.1) is 0 Å². The number of nitrogens with zero attached hydrogens (tertiary/aromatic N) is 1. The van der Waals surface area contributed by atoms with Crippen LogP contribution in [0.3, 0.4) is 0 Å². The van der Waals surface area contributed by atoms with Gasteiger partial charge >= 0.3 is 5.97 Å². The quantitative estimate of drug-likeness (QED) is 0.625. The van der Waals surface area contributed by atoms with Gasteiger partial charge in [0.2, 0.25) is 0 Å². The van der Waals surface area contributed by atoms with Crippen LogP contribution in [0.4, 0.5) is 0 Å². The first-order chi connectivity index (χ1) is 9.45. The number of fused-ring (bicyclic) bond motifs is 1. The molecule has 1 heterocycles. The molecule has 0 amide bonds. The van der Waals surface area contributed by atoms with Crippen molar-refractivity contribution in [3.05, 3.63) is 46.1 Å². The number of aromatic nitrogens is 1. The van der Waals surface area contributed by atoms with Crippen LogP contribution in [-0.4, -0.2) is 17.6 Å². The minimum atomic E-state index is -0.323. The van der Waals surface area contributed by atoms with E-state index in [0.29, 0.717) is 0 Å². The molecule has 0 N–H and O–H groups in total. The standard InChI is InChI=1S/C16H18BrNO2/c1-10(5-8-15(19)20-4)16-11(2)18(3)14-7-6-12(17)9-13(14)16/h5-10H,1-4H3/b8-5-/t10-/m0/s1. The van der Waals surface area contributed by atoms with Crippen LogP contribution in [-0.2, 0) is 16.6 Å². The third-order valence-electron chi connectivity index (χ3n) is 3.68. The summed E-state index contributed by atoms with van der Waals surface area (Å²) in [4.78, 5) is 11.2. The van der Waals surface area contributed by atoms with Gasteiger partial charge in [0.05, 0.1) is 7.11 Å². The lowest BCUT2D eigenvalue weighted by atomic mass is 9.97. The summed E-state index contributed by atoms with van der Waals surface area (Å²) in [5, 5.41) is 1.21. The topological polar surface area (TPSA) is 31.2 Å². The Bertz CT molecular complexity index is 685. The van der Waals surface area contributed by atoms with Gasteiger partial charge in [-0.3, -0.25) is 0 Å². The molecule has 0 bridgehead atoms. The smallest absolute Gasteiger partial charge is 0.330 e. The maximum absolute atomic E-state index is 11.2. The first-order valence-electron chi connectivity index (χ1n) is 6.46. The fourth-order valence-electron chi connectivity index (χ4n) is 2.53. The summed E-state index contributed by atoms with van der Waals surface area (Å²) in [6.07, 6.45) is 3.37. The van der Waals surface area contributed by atoms with Crippen molar-refractivity contribution in [3.63, 3.8) is 0 Å². The fraction of sp³-hybridized carbons (Fsp3) is 0.312. The molecule has 20 heavy (non-hydrogen) atoms. The van der Waals surface area contributed by atoms with Crippen molar-refractivity contribution < 1.29 is 9.53 Å². The second-order valence-electron chi connectivity index (χ2n) is 4.89.